The number of hydrogen-bond acceptors (Lipinski definition) is 4. The molecule has 1 aliphatic heterocycles. The molecule has 5 nitrogen and oxygen atoms in total. The fourth-order valence-corrected chi connectivity index (χ4v) is 2.75. The Balaban J connectivity index is 2.40. The predicted molar refractivity (Wildman–Crippen MR) is 77.8 cm³/mol. The Hall–Kier alpha value is -1.82. The summed E-state index contributed by atoms with van der Waals surface area (Å²) < 4.78 is 13.4. The topological polar surface area (TPSA) is 65.1 Å². The molecule has 20 heavy (non-hydrogen) atoms. The van der Waals surface area contributed by atoms with Gasteiger partial charge in [0, 0.05) is 30.4 Å². The number of benzene rings is 1. The zero-order chi connectivity index (χ0) is 14.7. The van der Waals surface area contributed by atoms with E-state index in [1.54, 1.807) is 6.07 Å². The van der Waals surface area contributed by atoms with Gasteiger partial charge in [0.25, 0.3) is 0 Å². The van der Waals surface area contributed by atoms with Crippen molar-refractivity contribution < 1.29 is 9.60 Å². The molecule has 1 aromatic rings. The van der Waals surface area contributed by atoms with Crippen LogP contribution in [0.5, 0.6) is 0 Å². The number of halogens is 1. The second-order valence-corrected chi connectivity index (χ2v) is 5.30. The van der Waals surface area contributed by atoms with Gasteiger partial charge in [0.2, 0.25) is 0 Å². The van der Waals surface area contributed by atoms with Gasteiger partial charge in [-0.3, -0.25) is 0 Å². The zero-order valence-corrected chi connectivity index (χ0v) is 11.9. The molecule has 0 spiro atoms. The largest absolute Gasteiger partial charge is 0.409 e. The summed E-state index contributed by atoms with van der Waals surface area (Å²) in [7, 11) is 2.09. The smallest absolute Gasteiger partial charge is 0.172 e. The van der Waals surface area contributed by atoms with Crippen LogP contribution in [0.1, 0.15) is 18.9 Å². The minimum absolute atomic E-state index is 0.0655. The van der Waals surface area contributed by atoms with E-state index in [4.69, 9.17) is 10.9 Å². The van der Waals surface area contributed by atoms with Crippen molar-refractivity contribution in [3.05, 3.63) is 29.6 Å². The van der Waals surface area contributed by atoms with Crippen LogP contribution in [0.25, 0.3) is 0 Å². The Morgan fingerprint density at radius 2 is 2.20 bits per heavy atom. The van der Waals surface area contributed by atoms with Gasteiger partial charge in [-0.2, -0.15) is 0 Å². The Kier molecular flexibility index (Phi) is 4.44. The highest BCUT2D eigenvalue weighted by Crippen LogP contribution is 2.25. The van der Waals surface area contributed by atoms with Crippen molar-refractivity contribution in [3.63, 3.8) is 0 Å². The van der Waals surface area contributed by atoms with Crippen LogP contribution in [0.15, 0.2) is 23.4 Å². The lowest BCUT2D eigenvalue weighted by Gasteiger charge is -2.31. The van der Waals surface area contributed by atoms with Gasteiger partial charge in [-0.05, 0) is 45.1 Å². The molecule has 1 heterocycles. The zero-order valence-electron chi connectivity index (χ0n) is 11.9. The normalized spacial score (nSPS) is 21.9. The Bertz CT molecular complexity index is 506. The van der Waals surface area contributed by atoms with Crippen LogP contribution in [-0.4, -0.2) is 48.7 Å². The van der Waals surface area contributed by atoms with Crippen LogP contribution < -0.4 is 10.6 Å². The summed E-state index contributed by atoms with van der Waals surface area (Å²) in [6.45, 7) is 4.94. The van der Waals surface area contributed by atoms with E-state index >= 15 is 0 Å². The highest BCUT2D eigenvalue weighted by Gasteiger charge is 2.23. The van der Waals surface area contributed by atoms with Crippen molar-refractivity contribution in [3.8, 4) is 0 Å². The molecule has 6 heteroatoms. The Morgan fingerprint density at radius 3 is 2.90 bits per heavy atom. The van der Waals surface area contributed by atoms with Gasteiger partial charge in [-0.1, -0.05) is 5.16 Å². The van der Waals surface area contributed by atoms with Gasteiger partial charge in [0.05, 0.1) is 0 Å². The first kappa shape index (κ1) is 14.6. The number of oxime groups is 1. The third-order valence-corrected chi connectivity index (χ3v) is 3.70. The van der Waals surface area contributed by atoms with Crippen molar-refractivity contribution >= 4 is 11.5 Å². The Morgan fingerprint density at radius 1 is 1.45 bits per heavy atom. The molecule has 0 aromatic heterocycles. The van der Waals surface area contributed by atoms with Crippen LogP contribution >= 0.6 is 0 Å². The van der Waals surface area contributed by atoms with Gasteiger partial charge >= 0.3 is 0 Å². The summed E-state index contributed by atoms with van der Waals surface area (Å²) in [6.07, 6.45) is 1.02. The van der Waals surface area contributed by atoms with Crippen molar-refractivity contribution in [2.24, 2.45) is 10.9 Å². The lowest BCUT2D eigenvalue weighted by atomic mass is 10.1. The molecule has 1 aliphatic rings. The lowest BCUT2D eigenvalue weighted by Crippen LogP contribution is -2.39. The molecule has 110 valence electrons. The van der Waals surface area contributed by atoms with Crippen LogP contribution in [-0.2, 0) is 0 Å². The number of nitrogens with two attached hydrogens (primary N) is 1. The molecule has 1 saturated heterocycles. The molecule has 0 aliphatic carbocycles. The van der Waals surface area contributed by atoms with E-state index in [-0.39, 0.29) is 11.9 Å². The summed E-state index contributed by atoms with van der Waals surface area (Å²) in [5.41, 5.74) is 6.92. The third kappa shape index (κ3) is 3.01. The number of likely N-dealkylation sites (N-methyl/N-ethyl adjacent to an activating group) is 1. The number of nitrogens with zero attached hydrogens (tertiary/aromatic N) is 3. The highest BCUT2D eigenvalue weighted by molar-refractivity contribution is 6.02. The maximum Gasteiger partial charge on any atom is 0.172 e. The van der Waals surface area contributed by atoms with Crippen LogP contribution in [0.3, 0.4) is 0 Å². The van der Waals surface area contributed by atoms with Crippen LogP contribution in [0, 0.1) is 5.82 Å². The van der Waals surface area contributed by atoms with Crippen molar-refractivity contribution in [2.75, 3.05) is 31.6 Å². The molecular formula is C14H21FN4O. The van der Waals surface area contributed by atoms with Gasteiger partial charge in [-0.15, -0.1) is 0 Å². The second-order valence-electron chi connectivity index (χ2n) is 5.30. The predicted octanol–water partition coefficient (Wildman–Crippen LogP) is 1.45. The molecule has 0 amide bonds. The number of rotatable bonds is 2. The molecule has 2 rings (SSSR count). The van der Waals surface area contributed by atoms with Crippen molar-refractivity contribution in [1.82, 2.24) is 4.90 Å². The van der Waals surface area contributed by atoms with Crippen molar-refractivity contribution in [2.45, 2.75) is 19.4 Å². The molecule has 1 aromatic carbocycles. The van der Waals surface area contributed by atoms with Crippen LogP contribution in [0.4, 0.5) is 10.1 Å². The number of amidine groups is 1. The third-order valence-electron chi connectivity index (χ3n) is 3.70. The van der Waals surface area contributed by atoms with E-state index in [1.807, 2.05) is 0 Å². The van der Waals surface area contributed by atoms with E-state index in [1.165, 1.54) is 12.1 Å². The average Bonchev–Trinajstić information content (AvgIpc) is 2.58. The second kappa shape index (κ2) is 6.09. The van der Waals surface area contributed by atoms with E-state index < -0.39 is 5.82 Å². The summed E-state index contributed by atoms with van der Waals surface area (Å²) >= 11 is 0. The van der Waals surface area contributed by atoms with Gasteiger partial charge in [0.1, 0.15) is 5.82 Å². The molecule has 0 bridgehead atoms. The minimum Gasteiger partial charge on any atom is -0.409 e. The van der Waals surface area contributed by atoms with E-state index in [9.17, 15) is 4.39 Å². The molecule has 1 unspecified atom stereocenters. The van der Waals surface area contributed by atoms with Crippen molar-refractivity contribution in [1.29, 1.82) is 0 Å². The lowest BCUT2D eigenvalue weighted by molar-refractivity contribution is 0.318. The molecule has 1 fully saturated rings. The first-order chi connectivity index (χ1) is 9.52. The molecule has 1 atom stereocenters. The monoisotopic (exact) mass is 280 g/mol. The van der Waals surface area contributed by atoms with E-state index in [0.29, 0.717) is 5.56 Å². The van der Waals surface area contributed by atoms with Gasteiger partial charge in [0.15, 0.2) is 5.84 Å². The highest BCUT2D eigenvalue weighted by atomic mass is 19.1. The summed E-state index contributed by atoms with van der Waals surface area (Å²) in [5, 5.41) is 11.9. The number of hydrogen-bond donors (Lipinski definition) is 2. The van der Waals surface area contributed by atoms with Crippen LogP contribution in [0.2, 0.25) is 0 Å². The Labute approximate surface area is 118 Å². The quantitative estimate of drug-likeness (QED) is 0.372. The van der Waals surface area contributed by atoms with E-state index in [0.717, 1.165) is 31.7 Å². The van der Waals surface area contributed by atoms with Gasteiger partial charge in [-0.25, -0.2) is 4.39 Å². The maximum absolute atomic E-state index is 13.4. The standard InChI is InChI=1S/C14H21FN4O/c1-10-9-18(2)6-3-7-19(10)13-5-4-11(15)8-12(13)14(16)17-20/h4-5,8,10,20H,3,6-7,9H2,1-2H3,(H2,16,17). The summed E-state index contributed by atoms with van der Waals surface area (Å²) in [6, 6.07) is 4.69. The first-order valence-corrected chi connectivity index (χ1v) is 6.75. The average molecular weight is 280 g/mol. The molecular weight excluding hydrogens is 259 g/mol. The molecule has 0 saturated carbocycles. The molecule has 3 N–H and O–H groups in total. The molecule has 0 radical (unpaired) electrons. The minimum atomic E-state index is -0.394. The van der Waals surface area contributed by atoms with E-state index in [2.05, 4.69) is 28.9 Å². The number of anilines is 1. The fraction of sp³-hybridized carbons (Fsp3) is 0.500. The maximum atomic E-state index is 13.4. The fourth-order valence-electron chi connectivity index (χ4n) is 2.75. The SMILES string of the molecule is CC1CN(C)CCCN1c1ccc(F)cc1/C(N)=N/O. The first-order valence-electron chi connectivity index (χ1n) is 6.75. The summed E-state index contributed by atoms with van der Waals surface area (Å²) in [4.78, 5) is 4.47. The van der Waals surface area contributed by atoms with Gasteiger partial charge < -0.3 is 20.7 Å². The summed E-state index contributed by atoms with van der Waals surface area (Å²) in [5.74, 6) is -0.459.